The lowest BCUT2D eigenvalue weighted by Crippen LogP contribution is -2.46. The van der Waals surface area contributed by atoms with Gasteiger partial charge in [0.05, 0.1) is 11.6 Å². The van der Waals surface area contributed by atoms with Gasteiger partial charge in [-0.1, -0.05) is 18.2 Å². The molecule has 1 unspecified atom stereocenters. The summed E-state index contributed by atoms with van der Waals surface area (Å²) in [4.78, 5) is 15.1. The number of nitrogens with one attached hydrogen (secondary N) is 1. The van der Waals surface area contributed by atoms with Crippen LogP contribution in [0.4, 0.5) is 0 Å². The molecule has 21 heavy (non-hydrogen) atoms. The third-order valence-corrected chi connectivity index (χ3v) is 4.37. The molecule has 114 valence electrons. The Morgan fingerprint density at radius 2 is 2.19 bits per heavy atom. The molecule has 4 nitrogen and oxygen atoms in total. The zero-order valence-electron chi connectivity index (χ0n) is 12.5. The van der Waals surface area contributed by atoms with Crippen molar-refractivity contribution in [3.63, 3.8) is 0 Å². The molecule has 0 aliphatic rings. The summed E-state index contributed by atoms with van der Waals surface area (Å²) in [5, 5.41) is 2.36. The van der Waals surface area contributed by atoms with Crippen LogP contribution in [0.1, 0.15) is 26.7 Å². The van der Waals surface area contributed by atoms with Crippen molar-refractivity contribution < 1.29 is 9.53 Å². The number of nitrogens with two attached hydrogens (primary N) is 1. The van der Waals surface area contributed by atoms with Crippen molar-refractivity contribution in [3.8, 4) is 0 Å². The van der Waals surface area contributed by atoms with Gasteiger partial charge in [-0.2, -0.15) is 0 Å². The van der Waals surface area contributed by atoms with Crippen LogP contribution in [0, 0.1) is 0 Å². The molecule has 1 aromatic carbocycles. The van der Waals surface area contributed by atoms with E-state index < -0.39 is 5.54 Å². The smallest absolute Gasteiger partial charge is 0.325 e. The first-order chi connectivity index (χ1) is 10.0. The monoisotopic (exact) mass is 306 g/mol. The number of carbonyl (C=O) groups excluding carboxylic acids is 1. The highest BCUT2D eigenvalue weighted by Gasteiger charge is 2.29. The van der Waals surface area contributed by atoms with Gasteiger partial charge in [0.1, 0.15) is 5.54 Å². The molecule has 1 atom stereocenters. The average Bonchev–Trinajstić information content (AvgIpc) is 2.86. The summed E-state index contributed by atoms with van der Waals surface area (Å²) >= 11 is 1.75. The van der Waals surface area contributed by atoms with Gasteiger partial charge < -0.3 is 15.5 Å². The van der Waals surface area contributed by atoms with Crippen LogP contribution in [0.3, 0.4) is 0 Å². The number of hydrogen-bond acceptors (Lipinski definition) is 4. The molecular formula is C16H22N2O2S. The number of rotatable bonds is 7. The van der Waals surface area contributed by atoms with Gasteiger partial charge in [0.15, 0.2) is 0 Å². The van der Waals surface area contributed by atoms with Crippen molar-refractivity contribution in [3.05, 3.63) is 30.3 Å². The molecule has 0 aliphatic heterocycles. The Balaban J connectivity index is 1.80. The Morgan fingerprint density at radius 1 is 1.43 bits per heavy atom. The van der Waals surface area contributed by atoms with Crippen LogP contribution in [0.2, 0.25) is 0 Å². The van der Waals surface area contributed by atoms with Crippen molar-refractivity contribution in [1.82, 2.24) is 4.98 Å². The maximum Gasteiger partial charge on any atom is 0.325 e. The first kappa shape index (κ1) is 15.9. The van der Waals surface area contributed by atoms with E-state index in [1.165, 1.54) is 5.39 Å². The van der Waals surface area contributed by atoms with Crippen LogP contribution in [0.5, 0.6) is 0 Å². The van der Waals surface area contributed by atoms with Crippen LogP contribution in [-0.2, 0) is 9.53 Å². The van der Waals surface area contributed by atoms with Crippen LogP contribution >= 0.6 is 11.8 Å². The van der Waals surface area contributed by atoms with Crippen LogP contribution in [-0.4, -0.2) is 28.9 Å². The van der Waals surface area contributed by atoms with E-state index in [0.717, 1.165) is 22.7 Å². The lowest BCUT2D eigenvalue weighted by Gasteiger charge is -2.21. The van der Waals surface area contributed by atoms with E-state index >= 15 is 0 Å². The van der Waals surface area contributed by atoms with Gasteiger partial charge in [-0.25, -0.2) is 0 Å². The molecule has 3 N–H and O–H groups in total. The van der Waals surface area contributed by atoms with Crippen LogP contribution in [0.25, 0.3) is 10.9 Å². The summed E-state index contributed by atoms with van der Waals surface area (Å²) in [6, 6.07) is 10.4. The Labute approximate surface area is 129 Å². The van der Waals surface area contributed by atoms with E-state index in [2.05, 4.69) is 23.2 Å². The third kappa shape index (κ3) is 4.25. The standard InChI is InChI=1S/C16H22N2O2S/c1-3-20-15(19)16(2,17)9-6-10-21-14-11-12-7-4-5-8-13(12)18-14/h4-5,7-8,11,18H,3,6,9-10,17H2,1-2H3. The topological polar surface area (TPSA) is 68.1 Å². The zero-order chi connectivity index (χ0) is 15.3. The fraction of sp³-hybridized carbons (Fsp3) is 0.438. The average molecular weight is 306 g/mol. The van der Waals surface area contributed by atoms with E-state index in [-0.39, 0.29) is 5.97 Å². The summed E-state index contributed by atoms with van der Waals surface area (Å²) in [5.41, 5.74) is 6.25. The predicted octanol–water partition coefficient (Wildman–Crippen LogP) is 3.32. The minimum Gasteiger partial charge on any atom is -0.465 e. The number of aromatic nitrogens is 1. The second-order valence-electron chi connectivity index (χ2n) is 5.31. The molecule has 0 aliphatic carbocycles. The molecule has 0 bridgehead atoms. The van der Waals surface area contributed by atoms with Gasteiger partial charge >= 0.3 is 5.97 Å². The summed E-state index contributed by atoms with van der Waals surface area (Å²) in [6.45, 7) is 3.90. The summed E-state index contributed by atoms with van der Waals surface area (Å²) in [5.74, 6) is 0.597. The number of carbonyl (C=O) groups is 1. The molecule has 5 heteroatoms. The van der Waals surface area contributed by atoms with E-state index in [9.17, 15) is 4.79 Å². The van der Waals surface area contributed by atoms with Crippen molar-refractivity contribution in [2.24, 2.45) is 5.73 Å². The quantitative estimate of drug-likeness (QED) is 0.468. The number of benzene rings is 1. The van der Waals surface area contributed by atoms with Crippen molar-refractivity contribution in [2.75, 3.05) is 12.4 Å². The molecule has 0 fully saturated rings. The van der Waals surface area contributed by atoms with Crippen molar-refractivity contribution >= 4 is 28.6 Å². The van der Waals surface area contributed by atoms with Gasteiger partial charge in [-0.3, -0.25) is 4.79 Å². The molecule has 0 saturated heterocycles. The summed E-state index contributed by atoms with van der Waals surface area (Å²) in [6.07, 6.45) is 1.49. The fourth-order valence-corrected chi connectivity index (χ4v) is 3.05. The molecule has 0 amide bonds. The van der Waals surface area contributed by atoms with Crippen LogP contribution in [0.15, 0.2) is 35.4 Å². The predicted molar refractivity (Wildman–Crippen MR) is 87.5 cm³/mol. The number of ether oxygens (including phenoxy) is 1. The minimum absolute atomic E-state index is 0.319. The summed E-state index contributed by atoms with van der Waals surface area (Å²) < 4.78 is 4.98. The molecule has 2 aromatic rings. The van der Waals surface area contributed by atoms with Gasteiger partial charge in [0, 0.05) is 10.9 Å². The van der Waals surface area contributed by atoms with Gasteiger partial charge in [-0.05, 0) is 44.6 Å². The van der Waals surface area contributed by atoms with Crippen molar-refractivity contribution in [2.45, 2.75) is 37.3 Å². The Kier molecular flexibility index (Phi) is 5.31. The van der Waals surface area contributed by atoms with Gasteiger partial charge in [-0.15, -0.1) is 11.8 Å². The largest absolute Gasteiger partial charge is 0.465 e. The number of hydrogen-bond donors (Lipinski definition) is 2. The second kappa shape index (κ2) is 7.00. The number of aromatic amines is 1. The molecule has 0 saturated carbocycles. The SMILES string of the molecule is CCOC(=O)C(C)(N)CCCSc1cc2ccccc2[nH]1. The molecule has 1 aromatic heterocycles. The Bertz CT molecular complexity index is 574. The third-order valence-electron chi connectivity index (χ3n) is 3.35. The van der Waals surface area contributed by atoms with E-state index in [0.29, 0.717) is 13.0 Å². The number of thioether (sulfide) groups is 1. The number of H-pyrrole nitrogens is 1. The first-order valence-electron chi connectivity index (χ1n) is 7.19. The highest BCUT2D eigenvalue weighted by Crippen LogP contribution is 2.24. The van der Waals surface area contributed by atoms with Gasteiger partial charge in [0.2, 0.25) is 0 Å². The first-order valence-corrected chi connectivity index (χ1v) is 8.18. The molecule has 1 heterocycles. The molecule has 2 rings (SSSR count). The Hall–Kier alpha value is -1.46. The maximum atomic E-state index is 11.7. The highest BCUT2D eigenvalue weighted by molar-refractivity contribution is 7.99. The maximum absolute atomic E-state index is 11.7. The number of fused-ring (bicyclic) bond motifs is 1. The summed E-state index contributed by atoms with van der Waals surface area (Å²) in [7, 11) is 0. The molecular weight excluding hydrogens is 284 g/mol. The normalized spacial score (nSPS) is 14.0. The molecule has 0 spiro atoms. The van der Waals surface area contributed by atoms with E-state index in [1.807, 2.05) is 12.1 Å². The van der Waals surface area contributed by atoms with E-state index in [1.54, 1.807) is 25.6 Å². The number of esters is 1. The minimum atomic E-state index is -0.892. The van der Waals surface area contributed by atoms with Crippen molar-refractivity contribution in [1.29, 1.82) is 0 Å². The lowest BCUT2D eigenvalue weighted by atomic mass is 9.98. The van der Waals surface area contributed by atoms with Gasteiger partial charge in [0.25, 0.3) is 0 Å². The second-order valence-corrected chi connectivity index (χ2v) is 6.45. The fourth-order valence-electron chi connectivity index (χ4n) is 2.14. The lowest BCUT2D eigenvalue weighted by molar-refractivity contribution is -0.149. The van der Waals surface area contributed by atoms with E-state index in [4.69, 9.17) is 10.5 Å². The highest BCUT2D eigenvalue weighted by atomic mass is 32.2. The Morgan fingerprint density at radius 3 is 2.90 bits per heavy atom. The van der Waals surface area contributed by atoms with Crippen LogP contribution < -0.4 is 5.73 Å². The number of para-hydroxylation sites is 1. The zero-order valence-corrected chi connectivity index (χ0v) is 13.3. The molecule has 0 radical (unpaired) electrons.